The van der Waals surface area contributed by atoms with Crippen LogP contribution in [0.4, 0.5) is 0 Å². The highest BCUT2D eigenvalue weighted by Gasteiger charge is 2.00. The predicted octanol–water partition coefficient (Wildman–Crippen LogP) is 3.88. The number of halogens is 1. The molecule has 0 bridgehead atoms. The number of esters is 1. The predicted molar refractivity (Wildman–Crippen MR) is 84.6 cm³/mol. The molecule has 4 nitrogen and oxygen atoms in total. The van der Waals surface area contributed by atoms with Crippen molar-refractivity contribution in [3.63, 3.8) is 0 Å². The van der Waals surface area contributed by atoms with Crippen LogP contribution in [0.2, 0.25) is 0 Å². The fourth-order valence-corrected chi connectivity index (χ4v) is 1.84. The third kappa shape index (κ3) is 4.89. The lowest BCUT2D eigenvalue weighted by Crippen LogP contribution is -2.03. The highest BCUT2D eigenvalue weighted by Crippen LogP contribution is 2.13. The van der Waals surface area contributed by atoms with Crippen LogP contribution in [0, 0.1) is 0 Å². The van der Waals surface area contributed by atoms with E-state index in [0.717, 1.165) is 10.0 Å². The van der Waals surface area contributed by atoms with Gasteiger partial charge in [0.25, 0.3) is 0 Å². The zero-order chi connectivity index (χ0) is 15.1. The fraction of sp³-hybridized carbons (Fsp3) is 0. The van der Waals surface area contributed by atoms with Crippen molar-refractivity contribution in [2.45, 2.75) is 0 Å². The molecule has 21 heavy (non-hydrogen) atoms. The maximum absolute atomic E-state index is 11.7. The first kappa shape index (κ1) is 15.0. The molecule has 0 aliphatic rings. The largest absolute Gasteiger partial charge is 0.423 e. The van der Waals surface area contributed by atoms with Crippen molar-refractivity contribution >= 4 is 34.2 Å². The summed E-state index contributed by atoms with van der Waals surface area (Å²) in [6.07, 6.45) is 4.34. The Labute approximate surface area is 130 Å². The summed E-state index contributed by atoms with van der Waals surface area (Å²) in [5, 5.41) is 11.3. The van der Waals surface area contributed by atoms with E-state index in [0.29, 0.717) is 11.3 Å². The van der Waals surface area contributed by atoms with Crippen molar-refractivity contribution in [1.82, 2.24) is 0 Å². The molecule has 0 spiro atoms. The van der Waals surface area contributed by atoms with Crippen molar-refractivity contribution in [3.05, 3.63) is 70.2 Å². The van der Waals surface area contributed by atoms with Gasteiger partial charge in [-0.1, -0.05) is 33.2 Å². The quantitative estimate of drug-likeness (QED) is 0.228. The maximum Gasteiger partial charge on any atom is 0.336 e. The summed E-state index contributed by atoms with van der Waals surface area (Å²) in [7, 11) is 0. The van der Waals surface area contributed by atoms with Crippen LogP contribution < -0.4 is 4.74 Å². The normalized spacial score (nSPS) is 11.1. The van der Waals surface area contributed by atoms with Crippen LogP contribution in [0.1, 0.15) is 11.1 Å². The molecule has 0 fully saturated rings. The summed E-state index contributed by atoms with van der Waals surface area (Å²) < 4.78 is 6.13. The average Bonchev–Trinajstić information content (AvgIpc) is 2.49. The van der Waals surface area contributed by atoms with E-state index in [1.807, 2.05) is 24.3 Å². The van der Waals surface area contributed by atoms with Crippen LogP contribution >= 0.6 is 15.9 Å². The number of rotatable bonds is 4. The summed E-state index contributed by atoms with van der Waals surface area (Å²) in [4.78, 5) is 11.7. The van der Waals surface area contributed by atoms with Crippen LogP contribution in [0.15, 0.2) is 64.2 Å². The van der Waals surface area contributed by atoms with Gasteiger partial charge < -0.3 is 9.94 Å². The molecular weight excluding hydrogens is 334 g/mol. The lowest BCUT2D eigenvalue weighted by molar-refractivity contribution is -0.128. The Hall–Kier alpha value is -2.40. The van der Waals surface area contributed by atoms with Crippen LogP contribution in [-0.4, -0.2) is 17.4 Å². The van der Waals surface area contributed by atoms with Crippen molar-refractivity contribution in [2.75, 3.05) is 0 Å². The lowest BCUT2D eigenvalue weighted by atomic mass is 10.2. The second-order valence-electron chi connectivity index (χ2n) is 4.12. The minimum atomic E-state index is -0.457. The van der Waals surface area contributed by atoms with Crippen molar-refractivity contribution in [3.8, 4) is 5.75 Å². The highest BCUT2D eigenvalue weighted by atomic mass is 79.9. The van der Waals surface area contributed by atoms with Gasteiger partial charge in [-0.25, -0.2) is 4.79 Å². The third-order valence-corrected chi connectivity index (χ3v) is 3.12. The minimum Gasteiger partial charge on any atom is -0.423 e. The second-order valence-corrected chi connectivity index (χ2v) is 5.04. The van der Waals surface area contributed by atoms with Gasteiger partial charge in [0.15, 0.2) is 0 Å². The standard InChI is InChI=1S/C16H12BrNO3/c17-14-6-1-12(2-7-14)5-10-16(19)21-15-8-3-13(4-9-15)11-18-20/h1-11,20H/b10-5?,18-11+. The van der Waals surface area contributed by atoms with Crippen molar-refractivity contribution < 1.29 is 14.7 Å². The van der Waals surface area contributed by atoms with Crippen LogP contribution in [0.5, 0.6) is 5.75 Å². The van der Waals surface area contributed by atoms with Gasteiger partial charge in [-0.15, -0.1) is 0 Å². The Balaban J connectivity index is 1.96. The molecule has 5 heteroatoms. The number of benzene rings is 2. The number of hydrogen-bond acceptors (Lipinski definition) is 4. The zero-order valence-electron chi connectivity index (χ0n) is 10.9. The van der Waals surface area contributed by atoms with E-state index in [-0.39, 0.29) is 0 Å². The molecule has 0 atom stereocenters. The molecule has 0 heterocycles. The fourth-order valence-electron chi connectivity index (χ4n) is 1.58. The number of nitrogens with zero attached hydrogens (tertiary/aromatic N) is 1. The Bertz CT molecular complexity index is 661. The van der Waals surface area contributed by atoms with Gasteiger partial charge in [0, 0.05) is 10.5 Å². The molecule has 2 aromatic rings. The summed E-state index contributed by atoms with van der Waals surface area (Å²) in [6.45, 7) is 0. The molecule has 0 saturated carbocycles. The van der Waals surface area contributed by atoms with Gasteiger partial charge >= 0.3 is 5.97 Å². The summed E-state index contributed by atoms with van der Waals surface area (Å²) in [5.74, 6) is -0.0305. The van der Waals surface area contributed by atoms with E-state index < -0.39 is 5.97 Å². The Morgan fingerprint density at radius 1 is 1.05 bits per heavy atom. The molecule has 0 aliphatic carbocycles. The molecule has 1 N–H and O–H groups in total. The molecule has 2 aromatic carbocycles. The minimum absolute atomic E-state index is 0.426. The number of carbonyl (C=O) groups excluding carboxylic acids is 1. The van der Waals surface area contributed by atoms with E-state index in [1.165, 1.54) is 12.3 Å². The van der Waals surface area contributed by atoms with Crippen LogP contribution in [0.25, 0.3) is 6.08 Å². The summed E-state index contributed by atoms with van der Waals surface area (Å²) in [6, 6.07) is 14.2. The third-order valence-electron chi connectivity index (χ3n) is 2.59. The lowest BCUT2D eigenvalue weighted by Gasteiger charge is -2.01. The van der Waals surface area contributed by atoms with Crippen LogP contribution in [-0.2, 0) is 4.79 Å². The summed E-state index contributed by atoms with van der Waals surface area (Å²) >= 11 is 3.35. The van der Waals surface area contributed by atoms with E-state index in [1.54, 1.807) is 30.3 Å². The van der Waals surface area contributed by atoms with Gasteiger partial charge in [-0.3, -0.25) is 0 Å². The van der Waals surface area contributed by atoms with Crippen LogP contribution in [0.3, 0.4) is 0 Å². The number of ether oxygens (including phenoxy) is 1. The zero-order valence-corrected chi connectivity index (χ0v) is 12.5. The Morgan fingerprint density at radius 3 is 2.29 bits per heavy atom. The first-order valence-corrected chi connectivity index (χ1v) is 6.89. The van der Waals surface area contributed by atoms with Gasteiger partial charge in [0.2, 0.25) is 0 Å². The van der Waals surface area contributed by atoms with E-state index in [9.17, 15) is 4.79 Å². The summed E-state index contributed by atoms with van der Waals surface area (Å²) in [5.41, 5.74) is 1.62. The molecule has 0 aliphatic heterocycles. The van der Waals surface area contributed by atoms with Gasteiger partial charge in [0.05, 0.1) is 6.21 Å². The molecule has 0 radical (unpaired) electrons. The maximum atomic E-state index is 11.7. The molecular formula is C16H12BrNO3. The van der Waals surface area contributed by atoms with E-state index in [2.05, 4.69) is 21.1 Å². The van der Waals surface area contributed by atoms with Crippen molar-refractivity contribution in [1.29, 1.82) is 0 Å². The molecule has 106 valence electrons. The second kappa shape index (κ2) is 7.40. The number of oxime groups is 1. The Kier molecular flexibility index (Phi) is 5.29. The monoisotopic (exact) mass is 345 g/mol. The van der Waals surface area contributed by atoms with Gasteiger partial charge in [0.1, 0.15) is 5.75 Å². The average molecular weight is 346 g/mol. The molecule has 2 rings (SSSR count). The smallest absolute Gasteiger partial charge is 0.336 e. The van der Waals surface area contributed by atoms with Crippen molar-refractivity contribution in [2.24, 2.45) is 5.16 Å². The molecule has 0 aromatic heterocycles. The van der Waals surface area contributed by atoms with Gasteiger partial charge in [-0.05, 0) is 53.6 Å². The highest BCUT2D eigenvalue weighted by molar-refractivity contribution is 9.10. The topological polar surface area (TPSA) is 58.9 Å². The molecule has 0 unspecified atom stereocenters. The first-order valence-electron chi connectivity index (χ1n) is 6.10. The van der Waals surface area contributed by atoms with E-state index in [4.69, 9.17) is 9.94 Å². The number of hydrogen-bond donors (Lipinski definition) is 1. The molecule has 0 amide bonds. The SMILES string of the molecule is O=C(C=Cc1ccc(Br)cc1)Oc1ccc(/C=N/O)cc1. The van der Waals surface area contributed by atoms with Gasteiger partial charge in [-0.2, -0.15) is 0 Å². The first-order chi connectivity index (χ1) is 10.2. The van der Waals surface area contributed by atoms with E-state index >= 15 is 0 Å². The Morgan fingerprint density at radius 2 is 1.67 bits per heavy atom. The number of carbonyl (C=O) groups is 1. The molecule has 0 saturated heterocycles.